The van der Waals surface area contributed by atoms with Crippen molar-refractivity contribution in [1.82, 2.24) is 0 Å². The van der Waals surface area contributed by atoms with Gasteiger partial charge in [0.2, 0.25) is 0 Å². The number of allylic oxidation sites excluding steroid dienone is 1. The van der Waals surface area contributed by atoms with Crippen molar-refractivity contribution in [3.63, 3.8) is 0 Å². The number of aliphatic imine (C=N–C) groups is 2. The third-order valence-corrected chi connectivity index (χ3v) is 1.50. The van der Waals surface area contributed by atoms with Crippen LogP contribution in [-0.4, -0.2) is 17.0 Å². The molecule has 0 fully saturated rings. The largest absolute Gasteiger partial charge is 0.212 e. The van der Waals surface area contributed by atoms with Gasteiger partial charge < -0.3 is 0 Å². The topological polar surface area (TPSA) is 24.7 Å². The molecule has 1 aliphatic rings. The summed E-state index contributed by atoms with van der Waals surface area (Å²) >= 11 is 4.24. The van der Waals surface area contributed by atoms with E-state index in [0.717, 1.165) is 5.57 Å². The molecule has 2 nitrogen and oxygen atoms in total. The normalized spacial score (nSPS) is 22.2. The van der Waals surface area contributed by atoms with Gasteiger partial charge in [0.25, 0.3) is 0 Å². The lowest BCUT2D eigenvalue weighted by molar-refractivity contribution is 1.17. The first-order chi connectivity index (χ1) is 5.30. The number of hydrogen-bond acceptors (Lipinski definition) is 3. The first-order valence-electron chi connectivity index (χ1n) is 3.24. The van der Waals surface area contributed by atoms with Crippen molar-refractivity contribution in [3.05, 3.63) is 24.0 Å². The van der Waals surface area contributed by atoms with Gasteiger partial charge in [-0.2, -0.15) is 12.6 Å². The molecule has 11 heavy (non-hydrogen) atoms. The molecule has 1 atom stereocenters. The van der Waals surface area contributed by atoms with Crippen LogP contribution in [0.3, 0.4) is 0 Å². The van der Waals surface area contributed by atoms with Crippen molar-refractivity contribution in [3.8, 4) is 0 Å². The molecule has 0 radical (unpaired) electrons. The van der Waals surface area contributed by atoms with Crippen LogP contribution in [-0.2, 0) is 0 Å². The second kappa shape index (κ2) is 3.99. The van der Waals surface area contributed by atoms with E-state index in [9.17, 15) is 0 Å². The van der Waals surface area contributed by atoms with Crippen LogP contribution in [0, 0.1) is 0 Å². The maximum atomic E-state index is 4.24. The fraction of sp³-hybridized carbons (Fsp3) is 0.250. The standard InChI is InChI=1S/C8H8N2S/c1-7(11)8-2-3-9-4-5-10-6-8/h2,4,6-7,11H,1H3/b8-6+. The minimum Gasteiger partial charge on any atom is -0.212 e. The van der Waals surface area contributed by atoms with Crippen molar-refractivity contribution in [1.29, 1.82) is 0 Å². The molecule has 1 unspecified atom stereocenters. The summed E-state index contributed by atoms with van der Waals surface area (Å²) in [6.45, 7) is 1.97. The SMILES string of the molecule is CC(S)/C1=C/N=C=CN=C=C1. The zero-order chi connectivity index (χ0) is 8.10. The Kier molecular flexibility index (Phi) is 2.94. The molecular formula is C8H8N2S. The Balaban J connectivity index is 2.98. The van der Waals surface area contributed by atoms with Gasteiger partial charge in [0, 0.05) is 23.4 Å². The lowest BCUT2D eigenvalue weighted by Gasteiger charge is -2.00. The maximum Gasteiger partial charge on any atom is 0.0981 e. The Hall–Kier alpha value is -1.01. The van der Waals surface area contributed by atoms with E-state index in [1.54, 1.807) is 12.3 Å². The van der Waals surface area contributed by atoms with E-state index in [1.807, 2.05) is 6.92 Å². The zero-order valence-electron chi connectivity index (χ0n) is 6.15. The van der Waals surface area contributed by atoms with Gasteiger partial charge in [-0.1, -0.05) is 0 Å². The third-order valence-electron chi connectivity index (χ3n) is 1.20. The van der Waals surface area contributed by atoms with E-state index >= 15 is 0 Å². The molecule has 1 aliphatic heterocycles. The molecule has 56 valence electrons. The van der Waals surface area contributed by atoms with Crippen molar-refractivity contribution >= 4 is 24.4 Å². The summed E-state index contributed by atoms with van der Waals surface area (Å²) in [5.41, 5.74) is 0.984. The summed E-state index contributed by atoms with van der Waals surface area (Å²) in [5, 5.41) is 0.154. The lowest BCUT2D eigenvalue weighted by atomic mass is 10.2. The third kappa shape index (κ3) is 2.60. The van der Waals surface area contributed by atoms with E-state index in [2.05, 4.69) is 34.4 Å². The average molecular weight is 164 g/mol. The molecule has 3 heteroatoms. The Labute approximate surface area is 71.2 Å². The van der Waals surface area contributed by atoms with Crippen LogP contribution in [0.15, 0.2) is 34.0 Å². The predicted octanol–water partition coefficient (Wildman–Crippen LogP) is 1.61. The molecular weight excluding hydrogens is 156 g/mol. The number of nitrogens with zero attached hydrogens (tertiary/aromatic N) is 2. The number of rotatable bonds is 1. The van der Waals surface area contributed by atoms with Gasteiger partial charge in [-0.3, -0.25) is 0 Å². The van der Waals surface area contributed by atoms with Crippen LogP contribution in [0.2, 0.25) is 0 Å². The van der Waals surface area contributed by atoms with E-state index in [0.29, 0.717) is 0 Å². The molecule has 1 rings (SSSR count). The lowest BCUT2D eigenvalue weighted by Crippen LogP contribution is -1.93. The Morgan fingerprint density at radius 1 is 1.45 bits per heavy atom. The van der Waals surface area contributed by atoms with Crippen LogP contribution >= 0.6 is 12.6 Å². The van der Waals surface area contributed by atoms with Gasteiger partial charge >= 0.3 is 0 Å². The van der Waals surface area contributed by atoms with E-state index in [-0.39, 0.29) is 5.25 Å². The minimum absolute atomic E-state index is 0.154. The van der Waals surface area contributed by atoms with Crippen LogP contribution in [0.1, 0.15) is 6.92 Å². The first-order valence-corrected chi connectivity index (χ1v) is 3.76. The van der Waals surface area contributed by atoms with Crippen molar-refractivity contribution in [2.75, 3.05) is 0 Å². The molecule has 0 aromatic rings. The van der Waals surface area contributed by atoms with Crippen LogP contribution in [0.5, 0.6) is 0 Å². The van der Waals surface area contributed by atoms with Crippen molar-refractivity contribution in [2.45, 2.75) is 12.2 Å². The maximum absolute atomic E-state index is 4.24. The highest BCUT2D eigenvalue weighted by molar-refractivity contribution is 7.81. The smallest absolute Gasteiger partial charge is 0.0981 e. The van der Waals surface area contributed by atoms with Crippen molar-refractivity contribution in [2.24, 2.45) is 9.98 Å². The molecule has 0 saturated heterocycles. The fourth-order valence-electron chi connectivity index (χ4n) is 0.589. The molecule has 0 aromatic heterocycles. The van der Waals surface area contributed by atoms with E-state index in [1.165, 1.54) is 6.20 Å². The zero-order valence-corrected chi connectivity index (χ0v) is 7.05. The van der Waals surface area contributed by atoms with Gasteiger partial charge in [-0.25, -0.2) is 9.98 Å². The van der Waals surface area contributed by atoms with Gasteiger partial charge in [0.1, 0.15) is 0 Å². The molecule has 0 aromatic carbocycles. The van der Waals surface area contributed by atoms with Crippen LogP contribution < -0.4 is 0 Å². The first kappa shape index (κ1) is 8.09. The summed E-state index contributed by atoms with van der Waals surface area (Å²) < 4.78 is 0. The predicted molar refractivity (Wildman–Crippen MR) is 50.5 cm³/mol. The van der Waals surface area contributed by atoms with Gasteiger partial charge in [-0.05, 0) is 18.4 Å². The van der Waals surface area contributed by atoms with E-state index in [4.69, 9.17) is 0 Å². The van der Waals surface area contributed by atoms with Gasteiger partial charge in [-0.15, -0.1) is 0 Å². The van der Waals surface area contributed by atoms with Crippen LogP contribution in [0.4, 0.5) is 0 Å². The second-order valence-electron chi connectivity index (χ2n) is 2.09. The monoisotopic (exact) mass is 164 g/mol. The summed E-state index contributed by atoms with van der Waals surface area (Å²) in [4.78, 5) is 7.61. The number of thiol groups is 1. The van der Waals surface area contributed by atoms with Crippen molar-refractivity contribution < 1.29 is 0 Å². The Morgan fingerprint density at radius 2 is 2.27 bits per heavy atom. The summed E-state index contributed by atoms with van der Waals surface area (Å²) in [6, 6.07) is 0. The fourth-order valence-corrected chi connectivity index (χ4v) is 0.730. The van der Waals surface area contributed by atoms with Gasteiger partial charge in [0.15, 0.2) is 0 Å². The highest BCUT2D eigenvalue weighted by Crippen LogP contribution is 2.08. The molecule has 0 amide bonds. The molecule has 0 spiro atoms. The molecule has 0 aliphatic carbocycles. The average Bonchev–Trinajstić information content (AvgIpc) is 1.84. The Morgan fingerprint density at radius 3 is 3.00 bits per heavy atom. The summed E-state index contributed by atoms with van der Waals surface area (Å²) in [6.07, 6.45) is 4.93. The molecule has 0 bridgehead atoms. The van der Waals surface area contributed by atoms with Gasteiger partial charge in [0.05, 0.1) is 6.20 Å². The molecule has 1 heterocycles. The summed E-state index contributed by atoms with van der Waals surface area (Å²) in [7, 11) is 0. The second-order valence-corrected chi connectivity index (χ2v) is 2.87. The minimum atomic E-state index is 0.154. The van der Waals surface area contributed by atoms with E-state index < -0.39 is 0 Å². The quantitative estimate of drug-likeness (QED) is 0.570. The Bertz CT molecular complexity index is 287. The van der Waals surface area contributed by atoms with Crippen LogP contribution in [0.25, 0.3) is 0 Å². The highest BCUT2D eigenvalue weighted by atomic mass is 32.1. The molecule has 0 saturated carbocycles. The molecule has 0 N–H and O–H groups in total. The highest BCUT2D eigenvalue weighted by Gasteiger charge is 1.98. The number of hydrogen-bond donors (Lipinski definition) is 1. The summed E-state index contributed by atoms with van der Waals surface area (Å²) in [5.74, 6) is 5.34.